The Morgan fingerprint density at radius 1 is 0.773 bits per heavy atom. The second-order valence-corrected chi connectivity index (χ2v) is 5.07. The van der Waals surface area contributed by atoms with Crippen LogP contribution in [0.5, 0.6) is 5.75 Å². The summed E-state index contributed by atoms with van der Waals surface area (Å²) in [5, 5.41) is 0. The Morgan fingerprint density at radius 3 is 2.09 bits per heavy atom. The van der Waals surface area contributed by atoms with Crippen molar-refractivity contribution >= 4 is 0 Å². The lowest BCUT2D eigenvalue weighted by Gasteiger charge is -2.09. The first-order valence-electron chi connectivity index (χ1n) is 7.23. The molecule has 0 bridgehead atoms. The van der Waals surface area contributed by atoms with E-state index in [-0.39, 0.29) is 5.56 Å². The summed E-state index contributed by atoms with van der Waals surface area (Å²) in [5.74, 6) is 0.377. The molecule has 110 valence electrons. The zero-order chi connectivity index (χ0) is 15.2. The number of hydrogen-bond donors (Lipinski definition) is 0. The van der Waals surface area contributed by atoms with Crippen molar-refractivity contribution in [3.05, 3.63) is 100 Å². The van der Waals surface area contributed by atoms with Crippen molar-refractivity contribution in [2.24, 2.45) is 0 Å². The molecule has 0 amide bonds. The van der Waals surface area contributed by atoms with Gasteiger partial charge in [0.15, 0.2) is 5.75 Å². The van der Waals surface area contributed by atoms with Gasteiger partial charge in [0.1, 0.15) is 6.61 Å². The number of ether oxygens (including phenoxy) is 1. The van der Waals surface area contributed by atoms with Crippen LogP contribution >= 0.6 is 0 Å². The summed E-state index contributed by atoms with van der Waals surface area (Å²) in [7, 11) is 0. The van der Waals surface area contributed by atoms with Crippen molar-refractivity contribution in [3.8, 4) is 5.75 Å². The van der Waals surface area contributed by atoms with Crippen molar-refractivity contribution in [2.75, 3.05) is 0 Å². The van der Waals surface area contributed by atoms with Gasteiger partial charge in [0.25, 0.3) is 5.56 Å². The van der Waals surface area contributed by atoms with Crippen LogP contribution in [0.3, 0.4) is 0 Å². The maximum atomic E-state index is 12.4. The third kappa shape index (κ3) is 3.44. The van der Waals surface area contributed by atoms with Crippen LogP contribution in [0.15, 0.2) is 83.8 Å². The predicted molar refractivity (Wildman–Crippen MR) is 87.0 cm³/mol. The summed E-state index contributed by atoms with van der Waals surface area (Å²) in [6.07, 6.45) is 1.78. The Bertz CT molecular complexity index is 779. The third-order valence-electron chi connectivity index (χ3n) is 3.42. The fourth-order valence-electron chi connectivity index (χ4n) is 2.26. The monoisotopic (exact) mass is 291 g/mol. The number of hydrogen-bond acceptors (Lipinski definition) is 2. The van der Waals surface area contributed by atoms with Gasteiger partial charge in [-0.15, -0.1) is 0 Å². The molecule has 0 aliphatic heterocycles. The van der Waals surface area contributed by atoms with Gasteiger partial charge in [-0.25, -0.2) is 0 Å². The average Bonchev–Trinajstić information content (AvgIpc) is 2.58. The first-order chi connectivity index (χ1) is 10.8. The van der Waals surface area contributed by atoms with Gasteiger partial charge in [-0.3, -0.25) is 4.79 Å². The summed E-state index contributed by atoms with van der Waals surface area (Å²) in [6.45, 7) is 0.938. The minimum Gasteiger partial charge on any atom is -0.483 e. The summed E-state index contributed by atoms with van der Waals surface area (Å²) >= 11 is 0. The van der Waals surface area contributed by atoms with Crippen molar-refractivity contribution in [3.63, 3.8) is 0 Å². The third-order valence-corrected chi connectivity index (χ3v) is 3.42. The van der Waals surface area contributed by atoms with Crippen LogP contribution < -0.4 is 10.3 Å². The molecular weight excluding hydrogens is 274 g/mol. The molecule has 0 radical (unpaired) electrons. The molecule has 0 unspecified atom stereocenters. The molecule has 0 aliphatic rings. The van der Waals surface area contributed by atoms with E-state index in [0.29, 0.717) is 18.9 Å². The van der Waals surface area contributed by atoms with Gasteiger partial charge in [0.05, 0.1) is 6.54 Å². The van der Waals surface area contributed by atoms with E-state index in [9.17, 15) is 4.79 Å². The van der Waals surface area contributed by atoms with Gasteiger partial charge in [-0.1, -0.05) is 60.7 Å². The average molecular weight is 291 g/mol. The SMILES string of the molecule is O=c1c(OCc2ccccc2)cccn1Cc1ccccc1. The van der Waals surface area contributed by atoms with Gasteiger partial charge < -0.3 is 9.30 Å². The minimum atomic E-state index is -0.109. The molecule has 2 aromatic carbocycles. The van der Waals surface area contributed by atoms with Crippen LogP contribution in [0, 0.1) is 0 Å². The molecule has 0 spiro atoms. The highest BCUT2D eigenvalue weighted by molar-refractivity contribution is 5.21. The fourth-order valence-corrected chi connectivity index (χ4v) is 2.26. The number of pyridine rings is 1. The molecule has 0 atom stereocenters. The molecule has 3 aromatic rings. The molecule has 3 heteroatoms. The quantitative estimate of drug-likeness (QED) is 0.720. The van der Waals surface area contributed by atoms with E-state index in [1.807, 2.05) is 66.7 Å². The maximum absolute atomic E-state index is 12.4. The largest absolute Gasteiger partial charge is 0.483 e. The van der Waals surface area contributed by atoms with Crippen molar-refractivity contribution in [2.45, 2.75) is 13.2 Å². The van der Waals surface area contributed by atoms with E-state index in [2.05, 4.69) is 0 Å². The number of benzene rings is 2. The van der Waals surface area contributed by atoms with E-state index < -0.39 is 0 Å². The fraction of sp³-hybridized carbons (Fsp3) is 0.105. The molecule has 0 N–H and O–H groups in total. The zero-order valence-electron chi connectivity index (χ0n) is 12.2. The zero-order valence-corrected chi connectivity index (χ0v) is 12.2. The van der Waals surface area contributed by atoms with Gasteiger partial charge in [0.2, 0.25) is 0 Å². The summed E-state index contributed by atoms with van der Waals surface area (Å²) in [6, 6.07) is 23.3. The maximum Gasteiger partial charge on any atom is 0.293 e. The topological polar surface area (TPSA) is 31.2 Å². The smallest absolute Gasteiger partial charge is 0.293 e. The van der Waals surface area contributed by atoms with Crippen LogP contribution in [0.25, 0.3) is 0 Å². The first-order valence-corrected chi connectivity index (χ1v) is 7.23. The highest BCUT2D eigenvalue weighted by Gasteiger charge is 2.05. The van der Waals surface area contributed by atoms with Crippen LogP contribution in [0.1, 0.15) is 11.1 Å². The summed E-state index contributed by atoms with van der Waals surface area (Å²) < 4.78 is 7.33. The standard InChI is InChI=1S/C19H17NO2/c21-19-18(22-15-17-10-5-2-6-11-17)12-7-13-20(19)14-16-8-3-1-4-9-16/h1-13H,14-15H2. The van der Waals surface area contributed by atoms with Crippen molar-refractivity contribution in [1.29, 1.82) is 0 Å². The van der Waals surface area contributed by atoms with Gasteiger partial charge in [0, 0.05) is 6.20 Å². The number of aromatic nitrogens is 1. The Kier molecular flexibility index (Phi) is 4.35. The molecule has 1 heterocycles. The predicted octanol–water partition coefficient (Wildman–Crippen LogP) is 3.48. The van der Waals surface area contributed by atoms with Gasteiger partial charge in [-0.05, 0) is 23.3 Å². The first kappa shape index (κ1) is 14.1. The van der Waals surface area contributed by atoms with Crippen molar-refractivity contribution < 1.29 is 4.74 Å². The van der Waals surface area contributed by atoms with Crippen LogP contribution in [-0.2, 0) is 13.2 Å². The van der Waals surface area contributed by atoms with E-state index in [1.54, 1.807) is 16.8 Å². The van der Waals surface area contributed by atoms with Crippen LogP contribution in [0.2, 0.25) is 0 Å². The summed E-state index contributed by atoms with van der Waals surface area (Å²) in [5.41, 5.74) is 2.02. The molecule has 3 nitrogen and oxygen atoms in total. The summed E-state index contributed by atoms with van der Waals surface area (Å²) in [4.78, 5) is 12.4. The molecule has 3 rings (SSSR count). The number of rotatable bonds is 5. The highest BCUT2D eigenvalue weighted by Crippen LogP contribution is 2.08. The van der Waals surface area contributed by atoms with E-state index in [1.165, 1.54) is 0 Å². The molecular formula is C19H17NO2. The molecule has 22 heavy (non-hydrogen) atoms. The Hall–Kier alpha value is -2.81. The van der Waals surface area contributed by atoms with E-state index in [4.69, 9.17) is 4.74 Å². The lowest BCUT2D eigenvalue weighted by atomic mass is 10.2. The molecule has 0 saturated carbocycles. The lowest BCUT2D eigenvalue weighted by Crippen LogP contribution is -2.21. The van der Waals surface area contributed by atoms with Crippen molar-refractivity contribution in [1.82, 2.24) is 4.57 Å². The Balaban J connectivity index is 1.76. The van der Waals surface area contributed by atoms with Gasteiger partial charge in [-0.2, -0.15) is 0 Å². The minimum absolute atomic E-state index is 0.109. The Morgan fingerprint density at radius 2 is 1.41 bits per heavy atom. The van der Waals surface area contributed by atoms with Crippen LogP contribution in [0.4, 0.5) is 0 Å². The lowest BCUT2D eigenvalue weighted by molar-refractivity contribution is 0.299. The molecule has 0 saturated heterocycles. The second kappa shape index (κ2) is 6.76. The molecule has 0 aliphatic carbocycles. The second-order valence-electron chi connectivity index (χ2n) is 5.07. The highest BCUT2D eigenvalue weighted by atomic mass is 16.5. The van der Waals surface area contributed by atoms with Gasteiger partial charge >= 0.3 is 0 Å². The normalized spacial score (nSPS) is 10.4. The number of nitrogens with zero attached hydrogens (tertiary/aromatic N) is 1. The molecule has 1 aromatic heterocycles. The van der Waals surface area contributed by atoms with Crippen LogP contribution in [-0.4, -0.2) is 4.57 Å². The molecule has 0 fully saturated rings. The van der Waals surface area contributed by atoms with E-state index in [0.717, 1.165) is 11.1 Å². The van der Waals surface area contributed by atoms with E-state index >= 15 is 0 Å². The Labute approximate surface area is 129 Å².